The molecule has 0 atom stereocenters. The Bertz CT molecular complexity index is 619. The zero-order valence-corrected chi connectivity index (χ0v) is 14.6. The number of hydrogen-bond acceptors (Lipinski definition) is 3. The van der Waals surface area contributed by atoms with E-state index in [9.17, 15) is 4.79 Å². The molecular weight excluding hydrogens is 356 g/mol. The van der Waals surface area contributed by atoms with E-state index < -0.39 is 0 Å². The Kier molecular flexibility index (Phi) is 5.46. The van der Waals surface area contributed by atoms with Gasteiger partial charge in [-0.25, -0.2) is 4.98 Å². The van der Waals surface area contributed by atoms with Gasteiger partial charge < -0.3 is 9.88 Å². The number of likely N-dealkylation sites (tertiary alicyclic amines) is 1. The van der Waals surface area contributed by atoms with Gasteiger partial charge in [0.25, 0.3) is 0 Å². The van der Waals surface area contributed by atoms with E-state index in [4.69, 9.17) is 0 Å². The van der Waals surface area contributed by atoms with Crippen molar-refractivity contribution in [3.63, 3.8) is 0 Å². The number of amides is 1. The highest BCUT2D eigenvalue weighted by Crippen LogP contribution is 2.19. The molecule has 0 aliphatic carbocycles. The first kappa shape index (κ1) is 16.2. The van der Waals surface area contributed by atoms with Crippen molar-refractivity contribution in [3.8, 4) is 0 Å². The van der Waals surface area contributed by atoms with Crippen LogP contribution in [-0.4, -0.2) is 40.0 Å². The van der Waals surface area contributed by atoms with Gasteiger partial charge in [-0.15, -0.1) is 0 Å². The normalized spacial score (nSPS) is 16.4. The fourth-order valence-electron chi connectivity index (χ4n) is 2.96. The summed E-state index contributed by atoms with van der Waals surface area (Å²) < 4.78 is 3.15. The summed E-state index contributed by atoms with van der Waals surface area (Å²) in [6.07, 6.45) is 7.96. The average Bonchev–Trinajstić information content (AvgIpc) is 3.04. The van der Waals surface area contributed by atoms with Crippen LogP contribution in [0.4, 0.5) is 5.69 Å². The second kappa shape index (κ2) is 7.75. The van der Waals surface area contributed by atoms with E-state index >= 15 is 0 Å². The van der Waals surface area contributed by atoms with Gasteiger partial charge in [0, 0.05) is 29.1 Å². The Morgan fingerprint density at radius 1 is 1.26 bits per heavy atom. The Morgan fingerprint density at radius 3 is 2.65 bits per heavy atom. The molecule has 1 aliphatic rings. The number of anilines is 1. The van der Waals surface area contributed by atoms with Crippen LogP contribution in [0.3, 0.4) is 0 Å². The van der Waals surface area contributed by atoms with Crippen LogP contribution in [0.25, 0.3) is 0 Å². The number of piperidine rings is 1. The quantitative estimate of drug-likeness (QED) is 0.872. The standard InChI is InChI=1S/C17H21BrN4O/c18-15-1-3-16(4-2-15)20-17(23)12-21-8-5-14(6-9-21)11-22-10-7-19-13-22/h1-4,7,10,13-14H,5-6,8-9,11-12H2,(H,20,23). The van der Waals surface area contributed by atoms with Crippen LogP contribution >= 0.6 is 15.9 Å². The lowest BCUT2D eigenvalue weighted by atomic mass is 9.97. The number of rotatable bonds is 5. The third-order valence-electron chi connectivity index (χ3n) is 4.23. The van der Waals surface area contributed by atoms with Gasteiger partial charge >= 0.3 is 0 Å². The average molecular weight is 377 g/mol. The van der Waals surface area contributed by atoms with E-state index in [1.165, 1.54) is 0 Å². The number of carbonyl (C=O) groups is 1. The molecule has 1 fully saturated rings. The first-order valence-corrected chi connectivity index (χ1v) is 8.72. The molecule has 1 aliphatic heterocycles. The zero-order chi connectivity index (χ0) is 16.1. The Balaban J connectivity index is 1.41. The minimum absolute atomic E-state index is 0.0559. The van der Waals surface area contributed by atoms with Crippen LogP contribution < -0.4 is 5.32 Å². The highest BCUT2D eigenvalue weighted by molar-refractivity contribution is 9.10. The number of benzene rings is 1. The molecule has 2 heterocycles. The number of nitrogens with one attached hydrogen (secondary N) is 1. The topological polar surface area (TPSA) is 50.2 Å². The number of aromatic nitrogens is 2. The minimum Gasteiger partial charge on any atom is -0.337 e. The molecule has 2 aromatic rings. The molecule has 1 aromatic heterocycles. The van der Waals surface area contributed by atoms with Gasteiger partial charge in [-0.1, -0.05) is 15.9 Å². The lowest BCUT2D eigenvalue weighted by Gasteiger charge is -2.31. The van der Waals surface area contributed by atoms with Crippen LogP contribution in [0.5, 0.6) is 0 Å². The fraction of sp³-hybridized carbons (Fsp3) is 0.412. The van der Waals surface area contributed by atoms with Gasteiger partial charge in [0.05, 0.1) is 12.9 Å². The predicted molar refractivity (Wildman–Crippen MR) is 94.2 cm³/mol. The molecule has 0 spiro atoms. The van der Waals surface area contributed by atoms with Crippen molar-refractivity contribution in [2.24, 2.45) is 5.92 Å². The second-order valence-corrected chi connectivity index (χ2v) is 6.95. The molecule has 0 bridgehead atoms. The van der Waals surface area contributed by atoms with Crippen LogP contribution in [0, 0.1) is 5.92 Å². The fourth-order valence-corrected chi connectivity index (χ4v) is 3.22. The third kappa shape index (κ3) is 4.91. The van der Waals surface area contributed by atoms with E-state index in [-0.39, 0.29) is 5.91 Å². The molecule has 5 nitrogen and oxygen atoms in total. The smallest absolute Gasteiger partial charge is 0.238 e. The van der Waals surface area contributed by atoms with Gasteiger partial charge in [-0.2, -0.15) is 0 Å². The molecule has 1 saturated heterocycles. The van der Waals surface area contributed by atoms with Crippen molar-refractivity contribution < 1.29 is 4.79 Å². The maximum atomic E-state index is 12.1. The van der Waals surface area contributed by atoms with E-state index in [1.54, 1.807) is 0 Å². The van der Waals surface area contributed by atoms with Crippen LogP contribution in [-0.2, 0) is 11.3 Å². The Morgan fingerprint density at radius 2 is 2.00 bits per heavy atom. The van der Waals surface area contributed by atoms with Crippen molar-refractivity contribution in [1.82, 2.24) is 14.5 Å². The predicted octanol–water partition coefficient (Wildman–Crippen LogP) is 3.00. The SMILES string of the molecule is O=C(CN1CCC(Cn2ccnc2)CC1)Nc1ccc(Br)cc1. The summed E-state index contributed by atoms with van der Waals surface area (Å²) in [5.74, 6) is 0.732. The maximum Gasteiger partial charge on any atom is 0.238 e. The lowest BCUT2D eigenvalue weighted by molar-refractivity contribution is -0.117. The van der Waals surface area contributed by atoms with Gasteiger partial charge in [-0.05, 0) is 56.1 Å². The van der Waals surface area contributed by atoms with Crippen LogP contribution in [0.1, 0.15) is 12.8 Å². The third-order valence-corrected chi connectivity index (χ3v) is 4.76. The number of nitrogens with zero attached hydrogens (tertiary/aromatic N) is 3. The molecule has 122 valence electrons. The number of halogens is 1. The summed E-state index contributed by atoms with van der Waals surface area (Å²) in [6, 6.07) is 7.66. The largest absolute Gasteiger partial charge is 0.337 e. The molecule has 0 radical (unpaired) electrons. The van der Waals surface area contributed by atoms with Gasteiger partial charge in [0.1, 0.15) is 0 Å². The van der Waals surface area contributed by atoms with Crippen molar-refractivity contribution in [2.45, 2.75) is 19.4 Å². The summed E-state index contributed by atoms with van der Waals surface area (Å²) in [7, 11) is 0. The highest BCUT2D eigenvalue weighted by atomic mass is 79.9. The maximum absolute atomic E-state index is 12.1. The summed E-state index contributed by atoms with van der Waals surface area (Å²) in [5, 5.41) is 2.95. The van der Waals surface area contributed by atoms with Crippen molar-refractivity contribution in [1.29, 1.82) is 0 Å². The first-order chi connectivity index (χ1) is 11.2. The number of carbonyl (C=O) groups excluding carboxylic acids is 1. The summed E-state index contributed by atoms with van der Waals surface area (Å²) >= 11 is 3.39. The van der Waals surface area contributed by atoms with Crippen molar-refractivity contribution in [2.75, 3.05) is 25.0 Å². The van der Waals surface area contributed by atoms with Crippen molar-refractivity contribution >= 4 is 27.5 Å². The molecule has 3 rings (SSSR count). The first-order valence-electron chi connectivity index (χ1n) is 7.92. The second-order valence-electron chi connectivity index (χ2n) is 6.03. The Labute approximate surface area is 144 Å². The minimum atomic E-state index is 0.0559. The summed E-state index contributed by atoms with van der Waals surface area (Å²) in [4.78, 5) is 18.4. The number of hydrogen-bond donors (Lipinski definition) is 1. The highest BCUT2D eigenvalue weighted by Gasteiger charge is 2.21. The zero-order valence-electron chi connectivity index (χ0n) is 13.0. The molecule has 1 N–H and O–H groups in total. The van der Waals surface area contributed by atoms with Gasteiger partial charge in [0.15, 0.2) is 0 Å². The lowest BCUT2D eigenvalue weighted by Crippen LogP contribution is -2.39. The molecule has 0 saturated carbocycles. The molecular formula is C17H21BrN4O. The van der Waals surface area contributed by atoms with E-state index in [1.807, 2.05) is 43.0 Å². The van der Waals surface area contributed by atoms with E-state index in [0.29, 0.717) is 12.5 Å². The van der Waals surface area contributed by atoms with Gasteiger partial charge in [0.2, 0.25) is 5.91 Å². The molecule has 23 heavy (non-hydrogen) atoms. The van der Waals surface area contributed by atoms with E-state index in [0.717, 1.165) is 42.6 Å². The molecule has 1 amide bonds. The van der Waals surface area contributed by atoms with Crippen molar-refractivity contribution in [3.05, 3.63) is 47.5 Å². The van der Waals surface area contributed by atoms with Gasteiger partial charge in [-0.3, -0.25) is 9.69 Å². The molecule has 6 heteroatoms. The summed E-state index contributed by atoms with van der Waals surface area (Å²) in [6.45, 7) is 3.45. The molecule has 0 unspecified atom stereocenters. The molecule has 1 aromatic carbocycles. The summed E-state index contributed by atoms with van der Waals surface area (Å²) in [5.41, 5.74) is 0.841. The van der Waals surface area contributed by atoms with E-state index in [2.05, 4.69) is 35.7 Å². The van der Waals surface area contributed by atoms with Crippen LogP contribution in [0.2, 0.25) is 0 Å². The van der Waals surface area contributed by atoms with Crippen LogP contribution in [0.15, 0.2) is 47.5 Å². The number of imidazole rings is 1. The Hall–Kier alpha value is -1.66. The monoisotopic (exact) mass is 376 g/mol.